The molecule has 2 saturated heterocycles. The summed E-state index contributed by atoms with van der Waals surface area (Å²) in [6.07, 6.45) is 1.05. The number of ether oxygens (including phenoxy) is 4. The number of carbonyl (C=O) groups is 1. The van der Waals surface area contributed by atoms with Crippen molar-refractivity contribution in [2.75, 3.05) is 44.8 Å². The van der Waals surface area contributed by atoms with Gasteiger partial charge >= 0.3 is 0 Å². The van der Waals surface area contributed by atoms with Crippen LogP contribution in [0.25, 0.3) is 0 Å². The highest BCUT2D eigenvalue weighted by Crippen LogP contribution is 2.30. The molecule has 1 aromatic carbocycles. The molecule has 31 heavy (non-hydrogen) atoms. The van der Waals surface area contributed by atoms with Crippen LogP contribution in [0.1, 0.15) is 33.6 Å². The van der Waals surface area contributed by atoms with E-state index in [1.54, 1.807) is 13.0 Å². The first-order chi connectivity index (χ1) is 14.8. The molecule has 2 heterocycles. The lowest BCUT2D eigenvalue weighted by Gasteiger charge is -2.26. The second-order valence-corrected chi connectivity index (χ2v) is 9.88. The molecule has 10 heteroatoms. The number of morpholine rings is 1. The average molecular weight is 457 g/mol. The standard InChI is InChI=1S/C21H32N2O7S/c1-15(2)30-20-7-6-18(31(25,26)23-8-11-27-12-9-23)13-19(20)22-21(24)16(3)29-14-17-5-4-10-28-17/h6-7,13,15-17H,4-5,8-12,14H2,1-3H3,(H,22,24). The van der Waals surface area contributed by atoms with Gasteiger partial charge in [0, 0.05) is 19.7 Å². The summed E-state index contributed by atoms with van der Waals surface area (Å²) in [5.74, 6) is 0.0168. The Bertz CT molecular complexity index is 847. The Morgan fingerprint density at radius 3 is 2.61 bits per heavy atom. The predicted molar refractivity (Wildman–Crippen MR) is 115 cm³/mol. The SMILES string of the molecule is CC(C)Oc1ccc(S(=O)(=O)N2CCOCC2)cc1NC(=O)C(C)OCC1CCCO1. The predicted octanol–water partition coefficient (Wildman–Crippen LogP) is 2.02. The fourth-order valence-corrected chi connectivity index (χ4v) is 4.83. The number of nitrogens with one attached hydrogen (secondary N) is 1. The van der Waals surface area contributed by atoms with E-state index in [-0.39, 0.29) is 23.0 Å². The zero-order valence-corrected chi connectivity index (χ0v) is 19.2. The molecule has 0 saturated carbocycles. The fourth-order valence-electron chi connectivity index (χ4n) is 3.40. The summed E-state index contributed by atoms with van der Waals surface area (Å²) in [6, 6.07) is 4.50. The number of nitrogens with zero attached hydrogens (tertiary/aromatic N) is 1. The Morgan fingerprint density at radius 1 is 1.23 bits per heavy atom. The minimum absolute atomic E-state index is 0.0112. The van der Waals surface area contributed by atoms with Crippen molar-refractivity contribution >= 4 is 21.6 Å². The molecule has 2 aliphatic heterocycles. The summed E-state index contributed by atoms with van der Waals surface area (Å²) in [4.78, 5) is 12.8. The zero-order chi connectivity index (χ0) is 22.4. The van der Waals surface area contributed by atoms with Gasteiger partial charge in [-0.3, -0.25) is 4.79 Å². The van der Waals surface area contributed by atoms with E-state index >= 15 is 0 Å². The molecular weight excluding hydrogens is 424 g/mol. The molecule has 1 N–H and O–H groups in total. The summed E-state index contributed by atoms with van der Waals surface area (Å²) >= 11 is 0. The van der Waals surface area contributed by atoms with Crippen LogP contribution in [0.5, 0.6) is 5.75 Å². The van der Waals surface area contributed by atoms with E-state index in [1.807, 2.05) is 13.8 Å². The van der Waals surface area contributed by atoms with Crippen LogP contribution in [0.4, 0.5) is 5.69 Å². The van der Waals surface area contributed by atoms with Gasteiger partial charge in [0.25, 0.3) is 5.91 Å². The van der Waals surface area contributed by atoms with E-state index in [2.05, 4.69) is 5.32 Å². The molecule has 9 nitrogen and oxygen atoms in total. The van der Waals surface area contributed by atoms with Crippen LogP contribution in [0.15, 0.2) is 23.1 Å². The van der Waals surface area contributed by atoms with Gasteiger partial charge in [0.2, 0.25) is 10.0 Å². The molecule has 3 rings (SSSR count). The van der Waals surface area contributed by atoms with Crippen LogP contribution in [0, 0.1) is 0 Å². The van der Waals surface area contributed by atoms with Crippen LogP contribution in [0.2, 0.25) is 0 Å². The van der Waals surface area contributed by atoms with Gasteiger partial charge in [-0.1, -0.05) is 0 Å². The molecule has 0 radical (unpaired) electrons. The molecule has 174 valence electrons. The Kier molecular flexibility index (Phi) is 8.29. The van der Waals surface area contributed by atoms with Crippen molar-refractivity contribution in [3.63, 3.8) is 0 Å². The molecule has 1 amide bonds. The first kappa shape index (κ1) is 23.9. The second kappa shape index (κ2) is 10.7. The van der Waals surface area contributed by atoms with Crippen molar-refractivity contribution in [1.29, 1.82) is 0 Å². The van der Waals surface area contributed by atoms with Crippen molar-refractivity contribution < 1.29 is 32.2 Å². The largest absolute Gasteiger partial charge is 0.489 e. The number of hydrogen-bond acceptors (Lipinski definition) is 7. The molecule has 0 aliphatic carbocycles. The highest BCUT2D eigenvalue weighted by Gasteiger charge is 2.28. The molecule has 2 unspecified atom stereocenters. The molecule has 0 aromatic heterocycles. The van der Waals surface area contributed by atoms with Gasteiger partial charge in [-0.25, -0.2) is 8.42 Å². The first-order valence-corrected chi connectivity index (χ1v) is 12.1. The first-order valence-electron chi connectivity index (χ1n) is 10.7. The van der Waals surface area contributed by atoms with E-state index in [1.165, 1.54) is 16.4 Å². The van der Waals surface area contributed by atoms with Gasteiger partial charge in [0.05, 0.1) is 42.6 Å². The second-order valence-electron chi connectivity index (χ2n) is 7.94. The third kappa shape index (κ3) is 6.39. The lowest BCUT2D eigenvalue weighted by molar-refractivity contribution is -0.128. The van der Waals surface area contributed by atoms with Crippen LogP contribution in [0.3, 0.4) is 0 Å². The van der Waals surface area contributed by atoms with Crippen molar-refractivity contribution in [3.05, 3.63) is 18.2 Å². The van der Waals surface area contributed by atoms with Crippen LogP contribution < -0.4 is 10.1 Å². The van der Waals surface area contributed by atoms with E-state index in [4.69, 9.17) is 18.9 Å². The molecule has 0 spiro atoms. The average Bonchev–Trinajstić information content (AvgIpc) is 3.27. The zero-order valence-electron chi connectivity index (χ0n) is 18.3. The highest BCUT2D eigenvalue weighted by molar-refractivity contribution is 7.89. The minimum atomic E-state index is -3.71. The third-order valence-electron chi connectivity index (χ3n) is 5.10. The molecule has 0 bridgehead atoms. The number of rotatable bonds is 9. The van der Waals surface area contributed by atoms with Crippen LogP contribution in [-0.2, 0) is 29.0 Å². The van der Waals surface area contributed by atoms with Crippen molar-refractivity contribution in [2.45, 2.75) is 56.8 Å². The van der Waals surface area contributed by atoms with E-state index < -0.39 is 16.1 Å². The number of sulfonamides is 1. The Morgan fingerprint density at radius 2 is 1.97 bits per heavy atom. The third-order valence-corrected chi connectivity index (χ3v) is 7.00. The summed E-state index contributed by atoms with van der Waals surface area (Å²) in [7, 11) is -3.71. The number of carbonyl (C=O) groups excluding carboxylic acids is 1. The van der Waals surface area contributed by atoms with E-state index in [0.29, 0.717) is 44.3 Å². The van der Waals surface area contributed by atoms with Gasteiger partial charge < -0.3 is 24.3 Å². The number of hydrogen-bond donors (Lipinski definition) is 1. The molecule has 2 aliphatic rings. The molecular formula is C21H32N2O7S. The maximum atomic E-state index is 13.0. The lowest BCUT2D eigenvalue weighted by Crippen LogP contribution is -2.40. The van der Waals surface area contributed by atoms with Gasteiger partial charge in [0.15, 0.2) is 0 Å². The van der Waals surface area contributed by atoms with Gasteiger partial charge in [0.1, 0.15) is 11.9 Å². The summed E-state index contributed by atoms with van der Waals surface area (Å²) in [5, 5.41) is 2.77. The van der Waals surface area contributed by atoms with Gasteiger partial charge in [-0.15, -0.1) is 0 Å². The molecule has 2 atom stereocenters. The normalized spacial score (nSPS) is 21.2. The maximum absolute atomic E-state index is 13.0. The van der Waals surface area contributed by atoms with Crippen molar-refractivity contribution in [3.8, 4) is 5.75 Å². The summed E-state index contributed by atoms with van der Waals surface area (Å²) in [5.41, 5.74) is 0.292. The Labute approximate surface area is 184 Å². The quantitative estimate of drug-likeness (QED) is 0.606. The van der Waals surface area contributed by atoms with E-state index in [9.17, 15) is 13.2 Å². The number of amides is 1. The van der Waals surface area contributed by atoms with Crippen molar-refractivity contribution in [2.24, 2.45) is 0 Å². The van der Waals surface area contributed by atoms with Gasteiger partial charge in [-0.2, -0.15) is 4.31 Å². The van der Waals surface area contributed by atoms with Gasteiger partial charge in [-0.05, 0) is 51.8 Å². The number of benzene rings is 1. The molecule has 1 aromatic rings. The summed E-state index contributed by atoms with van der Waals surface area (Å²) in [6.45, 7) is 7.74. The monoisotopic (exact) mass is 456 g/mol. The molecule has 2 fully saturated rings. The maximum Gasteiger partial charge on any atom is 0.253 e. The highest BCUT2D eigenvalue weighted by atomic mass is 32.2. The Hall–Kier alpha value is -1.72. The Balaban J connectivity index is 1.75. The topological polar surface area (TPSA) is 103 Å². The van der Waals surface area contributed by atoms with E-state index in [0.717, 1.165) is 19.4 Å². The van der Waals surface area contributed by atoms with Crippen molar-refractivity contribution in [1.82, 2.24) is 4.31 Å². The van der Waals surface area contributed by atoms with Crippen LogP contribution >= 0.6 is 0 Å². The smallest absolute Gasteiger partial charge is 0.253 e. The van der Waals surface area contributed by atoms with Crippen LogP contribution in [-0.4, -0.2) is 76.5 Å². The minimum Gasteiger partial charge on any atom is -0.489 e. The lowest BCUT2D eigenvalue weighted by atomic mass is 10.2. The fraction of sp³-hybridized carbons (Fsp3) is 0.667. The summed E-state index contributed by atoms with van der Waals surface area (Å²) < 4.78 is 49.6. The number of anilines is 1.